The summed E-state index contributed by atoms with van der Waals surface area (Å²) in [5, 5.41) is 23.3. The summed E-state index contributed by atoms with van der Waals surface area (Å²) in [5.74, 6) is -0.144. The molecule has 1 aromatic carbocycles. The highest BCUT2D eigenvalue weighted by atomic mass is 32.1. The summed E-state index contributed by atoms with van der Waals surface area (Å²) in [4.78, 5) is 12.7. The van der Waals surface area contributed by atoms with Crippen molar-refractivity contribution in [2.24, 2.45) is 0 Å². The number of hydrogen-bond acceptors (Lipinski definition) is 9. The average molecular weight is 491 g/mol. The Hall–Kier alpha value is -3.25. The maximum absolute atomic E-state index is 12.7. The number of amides is 1. The van der Waals surface area contributed by atoms with Gasteiger partial charge in [0.25, 0.3) is 5.91 Å². The molecule has 1 aliphatic rings. The number of carbonyl (C=O) groups is 1. The maximum atomic E-state index is 12.7. The summed E-state index contributed by atoms with van der Waals surface area (Å²) in [5.41, 5.74) is 1.40. The number of nitrogens with one attached hydrogen (secondary N) is 2. The van der Waals surface area contributed by atoms with Crippen LogP contribution in [0.15, 0.2) is 42.6 Å². The first-order valence-corrected chi connectivity index (χ1v) is 11.6. The van der Waals surface area contributed by atoms with Crippen molar-refractivity contribution in [2.75, 3.05) is 17.7 Å². The minimum Gasteiger partial charge on any atom is -0.435 e. The van der Waals surface area contributed by atoms with Crippen LogP contribution in [-0.2, 0) is 9.53 Å². The molecule has 0 bridgehead atoms. The van der Waals surface area contributed by atoms with Crippen LogP contribution >= 0.6 is 11.3 Å². The number of benzene rings is 1. The lowest BCUT2D eigenvalue weighted by molar-refractivity contribution is -0.126. The van der Waals surface area contributed by atoms with Crippen molar-refractivity contribution in [3.63, 3.8) is 0 Å². The second-order valence-corrected chi connectivity index (χ2v) is 8.79. The van der Waals surface area contributed by atoms with Crippen LogP contribution in [0.25, 0.3) is 0 Å². The summed E-state index contributed by atoms with van der Waals surface area (Å²) >= 11 is 1.22. The number of hydrogen-bond donors (Lipinski definition) is 2. The third kappa shape index (κ3) is 6.20. The zero-order valence-corrected chi connectivity index (χ0v) is 19.2. The number of rotatable bonds is 9. The maximum Gasteiger partial charge on any atom is 0.387 e. The summed E-state index contributed by atoms with van der Waals surface area (Å²) in [6.45, 7) is -2.96. The van der Waals surface area contributed by atoms with Crippen molar-refractivity contribution in [1.82, 2.24) is 20.4 Å². The summed E-state index contributed by atoms with van der Waals surface area (Å²) < 4.78 is 34.7. The number of methoxy groups -OCH3 is 1. The van der Waals surface area contributed by atoms with Crippen LogP contribution in [-0.4, -0.2) is 46.1 Å². The van der Waals surface area contributed by atoms with Crippen LogP contribution in [0.1, 0.15) is 49.0 Å². The molecular weight excluding hydrogens is 466 g/mol. The molecule has 0 aliphatic heterocycles. The zero-order valence-electron chi connectivity index (χ0n) is 18.4. The van der Waals surface area contributed by atoms with Gasteiger partial charge in [-0.15, -0.1) is 10.2 Å². The molecule has 1 atom stereocenters. The molecule has 0 unspecified atom stereocenters. The van der Waals surface area contributed by atoms with E-state index in [0.29, 0.717) is 21.7 Å². The van der Waals surface area contributed by atoms with Crippen molar-refractivity contribution in [3.05, 3.63) is 53.9 Å². The van der Waals surface area contributed by atoms with E-state index in [1.807, 2.05) is 12.1 Å². The predicted molar refractivity (Wildman–Crippen MR) is 122 cm³/mol. The number of ether oxygens (including phenoxy) is 2. The molecule has 1 amide bonds. The molecule has 0 spiro atoms. The highest BCUT2D eigenvalue weighted by Crippen LogP contribution is 2.34. The minimum atomic E-state index is -2.96. The van der Waals surface area contributed by atoms with Crippen molar-refractivity contribution >= 4 is 27.5 Å². The quantitative estimate of drug-likeness (QED) is 0.454. The summed E-state index contributed by atoms with van der Waals surface area (Å²) in [6, 6.07) is 10.0. The lowest BCUT2D eigenvalue weighted by atomic mass is 9.84. The van der Waals surface area contributed by atoms with Gasteiger partial charge >= 0.3 is 6.61 Å². The molecule has 34 heavy (non-hydrogen) atoms. The minimum absolute atomic E-state index is 0.0567. The number of alkyl halides is 2. The Morgan fingerprint density at radius 2 is 1.88 bits per heavy atom. The molecule has 3 aromatic rings. The average Bonchev–Trinajstić information content (AvgIpc) is 3.27. The van der Waals surface area contributed by atoms with Gasteiger partial charge in [0.05, 0.1) is 5.69 Å². The fourth-order valence-corrected chi connectivity index (χ4v) is 4.71. The van der Waals surface area contributed by atoms with Gasteiger partial charge in [-0.1, -0.05) is 23.5 Å². The van der Waals surface area contributed by atoms with Crippen LogP contribution in [0, 0.1) is 0 Å². The lowest BCUT2D eigenvalue weighted by Gasteiger charge is -2.28. The molecule has 1 fully saturated rings. The number of aromatic nitrogens is 4. The Kier molecular flexibility index (Phi) is 7.91. The number of halogens is 2. The number of nitrogens with zero attached hydrogens (tertiary/aromatic N) is 4. The van der Waals surface area contributed by atoms with E-state index in [-0.39, 0.29) is 11.8 Å². The van der Waals surface area contributed by atoms with Crippen molar-refractivity contribution in [2.45, 2.75) is 50.4 Å². The number of anilines is 2. The lowest BCUT2D eigenvalue weighted by Crippen LogP contribution is -2.25. The van der Waals surface area contributed by atoms with E-state index in [4.69, 9.17) is 4.74 Å². The van der Waals surface area contributed by atoms with E-state index in [0.717, 1.165) is 31.4 Å². The van der Waals surface area contributed by atoms with Gasteiger partial charge in [-0.25, -0.2) is 0 Å². The second-order valence-electron chi connectivity index (χ2n) is 7.81. The van der Waals surface area contributed by atoms with E-state index in [2.05, 4.69) is 35.8 Å². The van der Waals surface area contributed by atoms with Crippen LogP contribution in [0.2, 0.25) is 0 Å². The molecule has 180 valence electrons. The van der Waals surface area contributed by atoms with Crippen LogP contribution in [0.5, 0.6) is 5.75 Å². The first kappa shape index (κ1) is 23.9. The molecular formula is C22H24F2N6O3S. The van der Waals surface area contributed by atoms with Gasteiger partial charge < -0.3 is 14.8 Å². The monoisotopic (exact) mass is 490 g/mol. The summed E-state index contributed by atoms with van der Waals surface area (Å²) in [7, 11) is 1.36. The second kappa shape index (κ2) is 11.3. The van der Waals surface area contributed by atoms with Gasteiger partial charge in [-0.2, -0.15) is 19.0 Å². The Morgan fingerprint density at radius 3 is 2.59 bits per heavy atom. The fraction of sp³-hybridized carbons (Fsp3) is 0.409. The van der Waals surface area contributed by atoms with Crippen LogP contribution < -0.4 is 15.4 Å². The van der Waals surface area contributed by atoms with E-state index < -0.39 is 18.6 Å². The third-order valence-corrected chi connectivity index (χ3v) is 6.35. The normalized spacial score (nSPS) is 18.9. The SMILES string of the molecule is CO[C@@H](C(=O)Nc1nnc(N[C@H]2CC[C@@H](c3cccnn3)CC2)s1)c1cccc(OC(F)F)c1. The van der Waals surface area contributed by atoms with Crippen LogP contribution in [0.3, 0.4) is 0 Å². The van der Waals surface area contributed by atoms with Gasteiger partial charge in [-0.05, 0) is 55.5 Å². The predicted octanol–water partition coefficient (Wildman–Crippen LogP) is 4.39. The first-order chi connectivity index (χ1) is 16.5. The highest BCUT2D eigenvalue weighted by molar-refractivity contribution is 7.19. The summed E-state index contributed by atoms with van der Waals surface area (Å²) in [6.07, 6.45) is 4.58. The highest BCUT2D eigenvalue weighted by Gasteiger charge is 2.25. The Balaban J connectivity index is 1.31. The van der Waals surface area contributed by atoms with Gasteiger partial charge in [0.2, 0.25) is 10.3 Å². The molecule has 1 saturated carbocycles. The topological polar surface area (TPSA) is 111 Å². The Labute approximate surface area is 198 Å². The smallest absolute Gasteiger partial charge is 0.387 e. The third-order valence-electron chi connectivity index (χ3n) is 5.58. The van der Waals surface area contributed by atoms with E-state index in [9.17, 15) is 13.6 Å². The van der Waals surface area contributed by atoms with Crippen molar-refractivity contribution < 1.29 is 23.0 Å². The first-order valence-electron chi connectivity index (χ1n) is 10.8. The van der Waals surface area contributed by atoms with Gasteiger partial charge in [-0.3, -0.25) is 10.1 Å². The molecule has 2 aromatic heterocycles. The van der Waals surface area contributed by atoms with Crippen molar-refractivity contribution in [3.8, 4) is 5.75 Å². The van der Waals surface area contributed by atoms with E-state index in [1.54, 1.807) is 12.3 Å². The molecule has 0 saturated heterocycles. The molecule has 1 aliphatic carbocycles. The Morgan fingerprint density at radius 1 is 1.09 bits per heavy atom. The largest absolute Gasteiger partial charge is 0.435 e. The standard InChI is InChI=1S/C22H24F2N6O3S/c1-32-18(14-4-2-5-16(12-14)33-20(23)24)19(31)27-22-30-29-21(34-22)26-15-9-7-13(8-10-15)17-6-3-11-25-28-17/h2-6,11-13,15,18,20H,7-10H2,1H3,(H,26,29)(H,27,30,31)/t13-,15+,18-/m1/s1. The van der Waals surface area contributed by atoms with Gasteiger partial charge in [0.15, 0.2) is 6.10 Å². The molecule has 2 N–H and O–H groups in total. The molecule has 2 heterocycles. The van der Waals surface area contributed by atoms with E-state index >= 15 is 0 Å². The molecule has 12 heteroatoms. The van der Waals surface area contributed by atoms with Gasteiger partial charge in [0, 0.05) is 25.3 Å². The molecule has 4 rings (SSSR count). The van der Waals surface area contributed by atoms with Crippen LogP contribution in [0.4, 0.5) is 19.0 Å². The number of carbonyl (C=O) groups excluding carboxylic acids is 1. The van der Waals surface area contributed by atoms with E-state index in [1.165, 1.54) is 36.6 Å². The van der Waals surface area contributed by atoms with Crippen molar-refractivity contribution in [1.29, 1.82) is 0 Å². The fourth-order valence-electron chi connectivity index (χ4n) is 3.99. The molecule has 9 nitrogen and oxygen atoms in total. The zero-order chi connectivity index (χ0) is 23.9. The molecule has 0 radical (unpaired) electrons. The van der Waals surface area contributed by atoms with Gasteiger partial charge in [0.1, 0.15) is 5.75 Å². The Bertz CT molecular complexity index is 1080.